The molecule has 1 aromatic carbocycles. The molecule has 3 aromatic rings. The normalized spacial score (nSPS) is 10.8. The van der Waals surface area contributed by atoms with Gasteiger partial charge in [-0.1, -0.05) is 29.0 Å². The van der Waals surface area contributed by atoms with E-state index in [1.165, 1.54) is 25.1 Å². The van der Waals surface area contributed by atoms with Crippen LogP contribution in [0.25, 0.3) is 11.5 Å². The van der Waals surface area contributed by atoms with Crippen molar-refractivity contribution in [2.24, 2.45) is 0 Å². The van der Waals surface area contributed by atoms with Crippen LogP contribution in [-0.4, -0.2) is 23.3 Å². The highest BCUT2D eigenvalue weighted by atomic mass is 32.2. The van der Waals surface area contributed by atoms with Gasteiger partial charge in [0.25, 0.3) is 5.22 Å². The number of esters is 1. The Bertz CT molecular complexity index is 849. The zero-order valence-corrected chi connectivity index (χ0v) is 14.3. The Morgan fingerprint density at radius 3 is 2.67 bits per heavy atom. The molecule has 3 rings (SSSR count). The molecule has 0 spiro atoms. The molecule has 0 bridgehead atoms. The van der Waals surface area contributed by atoms with Gasteiger partial charge >= 0.3 is 5.97 Å². The second-order valence-corrected chi connectivity index (χ2v) is 6.21. The van der Waals surface area contributed by atoms with Crippen LogP contribution in [0.4, 0.5) is 0 Å². The third-order valence-corrected chi connectivity index (χ3v) is 4.17. The lowest BCUT2D eigenvalue weighted by molar-refractivity contribution is 0.0598. The molecule has 0 amide bonds. The maximum absolute atomic E-state index is 11.6. The van der Waals surface area contributed by atoms with Crippen molar-refractivity contribution in [2.75, 3.05) is 7.11 Å². The first-order chi connectivity index (χ1) is 11.6. The first-order valence-corrected chi connectivity index (χ1v) is 8.25. The topological polar surface area (TPSA) is 78.4 Å². The third kappa shape index (κ3) is 3.51. The summed E-state index contributed by atoms with van der Waals surface area (Å²) in [5.74, 6) is 0.946. The monoisotopic (exact) mass is 344 g/mol. The Labute approximate surface area is 143 Å². The van der Waals surface area contributed by atoms with Crippen LogP contribution in [0.2, 0.25) is 0 Å². The Morgan fingerprint density at radius 2 is 1.96 bits per heavy atom. The molecule has 0 aliphatic heterocycles. The number of ether oxygens (including phenoxy) is 1. The van der Waals surface area contributed by atoms with Crippen LogP contribution in [-0.2, 0) is 10.5 Å². The molecule has 24 heavy (non-hydrogen) atoms. The van der Waals surface area contributed by atoms with E-state index in [-0.39, 0.29) is 0 Å². The second-order valence-electron chi connectivity index (χ2n) is 5.29. The fourth-order valence-electron chi connectivity index (χ4n) is 2.35. The van der Waals surface area contributed by atoms with Crippen LogP contribution in [0.15, 0.2) is 44.6 Å². The van der Waals surface area contributed by atoms with Crippen molar-refractivity contribution in [3.05, 3.63) is 53.0 Å². The predicted octanol–water partition coefficient (Wildman–Crippen LogP) is 4.03. The highest BCUT2D eigenvalue weighted by molar-refractivity contribution is 7.98. The highest BCUT2D eigenvalue weighted by Crippen LogP contribution is 2.28. The Hall–Kier alpha value is -2.54. The molecule has 0 N–H and O–H groups in total. The quantitative estimate of drug-likeness (QED) is 0.511. The van der Waals surface area contributed by atoms with E-state index < -0.39 is 5.97 Å². The van der Waals surface area contributed by atoms with Gasteiger partial charge in [-0.15, -0.1) is 10.2 Å². The summed E-state index contributed by atoms with van der Waals surface area (Å²) in [6, 6.07) is 7.66. The van der Waals surface area contributed by atoms with Crippen LogP contribution in [0.3, 0.4) is 0 Å². The van der Waals surface area contributed by atoms with E-state index in [9.17, 15) is 4.79 Å². The molecule has 7 heteroatoms. The summed E-state index contributed by atoms with van der Waals surface area (Å²) in [5, 5.41) is 8.53. The molecule has 124 valence electrons. The minimum Gasteiger partial charge on any atom is -0.468 e. The van der Waals surface area contributed by atoms with E-state index in [2.05, 4.69) is 16.3 Å². The Morgan fingerprint density at radius 1 is 1.21 bits per heavy atom. The largest absolute Gasteiger partial charge is 0.468 e. The number of hydrogen-bond acceptors (Lipinski definition) is 7. The number of aryl methyl sites for hydroxylation is 2. The Kier molecular flexibility index (Phi) is 4.71. The minimum absolute atomic E-state index is 0.395. The fraction of sp³-hybridized carbons (Fsp3) is 0.235. The average molecular weight is 344 g/mol. The lowest BCUT2D eigenvalue weighted by atomic mass is 10.1. The number of furan rings is 1. The summed E-state index contributed by atoms with van der Waals surface area (Å²) in [4.78, 5) is 11.6. The van der Waals surface area contributed by atoms with E-state index in [1.807, 2.05) is 26.0 Å². The van der Waals surface area contributed by atoms with E-state index in [4.69, 9.17) is 13.6 Å². The summed E-state index contributed by atoms with van der Waals surface area (Å²) >= 11 is 1.30. The molecule has 2 aromatic heterocycles. The van der Waals surface area contributed by atoms with Gasteiger partial charge in [-0.05, 0) is 32.0 Å². The van der Waals surface area contributed by atoms with Gasteiger partial charge in [0.1, 0.15) is 11.3 Å². The van der Waals surface area contributed by atoms with Gasteiger partial charge in [0.05, 0.1) is 19.1 Å². The molecule has 0 aliphatic carbocycles. The number of benzene rings is 1. The van der Waals surface area contributed by atoms with E-state index in [0.29, 0.717) is 28.2 Å². The van der Waals surface area contributed by atoms with Crippen molar-refractivity contribution < 1.29 is 18.4 Å². The number of rotatable bonds is 5. The Balaban J connectivity index is 1.73. The highest BCUT2D eigenvalue weighted by Gasteiger charge is 2.17. The van der Waals surface area contributed by atoms with E-state index >= 15 is 0 Å². The smallest absolute Gasteiger partial charge is 0.341 e. The average Bonchev–Trinajstić information content (AvgIpc) is 3.20. The van der Waals surface area contributed by atoms with Gasteiger partial charge in [-0.2, -0.15) is 0 Å². The number of hydrogen-bond donors (Lipinski definition) is 0. The van der Waals surface area contributed by atoms with Crippen LogP contribution in [0, 0.1) is 13.8 Å². The van der Waals surface area contributed by atoms with Gasteiger partial charge in [-0.3, -0.25) is 0 Å². The van der Waals surface area contributed by atoms with Crippen molar-refractivity contribution in [3.8, 4) is 11.5 Å². The first kappa shape index (κ1) is 16.3. The van der Waals surface area contributed by atoms with Crippen LogP contribution in [0.1, 0.15) is 27.2 Å². The molecule has 0 aliphatic rings. The summed E-state index contributed by atoms with van der Waals surface area (Å²) in [6.45, 7) is 4.04. The van der Waals surface area contributed by atoms with Gasteiger partial charge in [0.15, 0.2) is 0 Å². The molecule has 0 atom stereocenters. The number of nitrogens with zero attached hydrogens (tertiary/aromatic N) is 2. The van der Waals surface area contributed by atoms with Crippen LogP contribution < -0.4 is 0 Å². The van der Waals surface area contributed by atoms with Crippen LogP contribution in [0.5, 0.6) is 0 Å². The summed E-state index contributed by atoms with van der Waals surface area (Å²) in [7, 11) is 1.33. The van der Waals surface area contributed by atoms with Gasteiger partial charge in [-0.25, -0.2) is 4.79 Å². The SMILES string of the molecule is COC(=O)c1ccoc1CSc1nnc(-c2cc(C)cc(C)c2)o1. The molecular weight excluding hydrogens is 328 g/mol. The summed E-state index contributed by atoms with van der Waals surface area (Å²) in [5.41, 5.74) is 3.56. The standard InChI is InChI=1S/C17H16N2O4S/c1-10-6-11(2)8-12(7-10)15-18-19-17(23-15)24-9-14-13(4-5-22-14)16(20)21-3/h4-8H,9H2,1-3H3. The maximum atomic E-state index is 11.6. The number of carbonyl (C=O) groups excluding carboxylic acids is 1. The lowest BCUT2D eigenvalue weighted by Gasteiger charge is -2.00. The molecule has 0 unspecified atom stereocenters. The number of carbonyl (C=O) groups is 1. The molecule has 0 saturated heterocycles. The van der Waals surface area contributed by atoms with Crippen molar-refractivity contribution >= 4 is 17.7 Å². The molecule has 6 nitrogen and oxygen atoms in total. The van der Waals surface area contributed by atoms with Crippen molar-refractivity contribution in [2.45, 2.75) is 24.8 Å². The lowest BCUT2D eigenvalue weighted by Crippen LogP contribution is -2.02. The third-order valence-electron chi connectivity index (χ3n) is 3.35. The molecule has 2 heterocycles. The zero-order chi connectivity index (χ0) is 17.1. The fourth-order valence-corrected chi connectivity index (χ4v) is 3.07. The van der Waals surface area contributed by atoms with Gasteiger partial charge in [0.2, 0.25) is 5.89 Å². The van der Waals surface area contributed by atoms with Crippen LogP contribution >= 0.6 is 11.8 Å². The number of aromatic nitrogens is 2. The predicted molar refractivity (Wildman–Crippen MR) is 88.8 cm³/mol. The van der Waals surface area contributed by atoms with Gasteiger partial charge in [0, 0.05) is 5.56 Å². The van der Waals surface area contributed by atoms with Crippen molar-refractivity contribution in [3.63, 3.8) is 0 Å². The summed E-state index contributed by atoms with van der Waals surface area (Å²) < 4.78 is 15.7. The number of thioether (sulfide) groups is 1. The molecular formula is C17H16N2O4S. The first-order valence-electron chi connectivity index (χ1n) is 7.26. The zero-order valence-electron chi connectivity index (χ0n) is 13.5. The van der Waals surface area contributed by atoms with E-state index in [1.54, 1.807) is 6.07 Å². The maximum Gasteiger partial charge on any atom is 0.341 e. The summed E-state index contributed by atoms with van der Waals surface area (Å²) in [6.07, 6.45) is 1.46. The van der Waals surface area contributed by atoms with Gasteiger partial charge < -0.3 is 13.6 Å². The molecule has 0 saturated carbocycles. The molecule has 0 radical (unpaired) electrons. The van der Waals surface area contributed by atoms with Crippen molar-refractivity contribution in [1.29, 1.82) is 0 Å². The van der Waals surface area contributed by atoms with Crippen molar-refractivity contribution in [1.82, 2.24) is 10.2 Å². The number of methoxy groups -OCH3 is 1. The minimum atomic E-state index is -0.430. The molecule has 0 fully saturated rings. The second kappa shape index (κ2) is 6.92. The van der Waals surface area contributed by atoms with E-state index in [0.717, 1.165) is 16.7 Å².